The normalized spacial score (nSPS) is 11.0. The van der Waals surface area contributed by atoms with Gasteiger partial charge in [0.05, 0.1) is 6.42 Å². The van der Waals surface area contributed by atoms with E-state index < -0.39 is 0 Å². The van der Waals surface area contributed by atoms with E-state index in [2.05, 4.69) is 49.3 Å². The minimum atomic E-state index is 0.0764. The average Bonchev–Trinajstić information content (AvgIpc) is 2.85. The quantitative estimate of drug-likeness (QED) is 0.733. The number of amides is 1. The van der Waals surface area contributed by atoms with E-state index in [1.807, 2.05) is 24.3 Å². The Balaban J connectivity index is 1.60. The number of carbonyl (C=O) groups is 1. The number of aromatic nitrogens is 1. The number of fused-ring (bicyclic) bond motifs is 1. The Morgan fingerprint density at radius 3 is 2.46 bits per heavy atom. The van der Waals surface area contributed by atoms with Crippen LogP contribution in [-0.2, 0) is 17.6 Å². The third kappa shape index (κ3) is 3.67. The molecule has 0 fully saturated rings. The fourth-order valence-corrected chi connectivity index (χ4v) is 3.10. The fraction of sp³-hybridized carbons (Fsp3) is 0.286. The molecule has 124 valence electrons. The van der Waals surface area contributed by atoms with Crippen molar-refractivity contribution < 1.29 is 4.79 Å². The monoisotopic (exact) mass is 320 g/mol. The van der Waals surface area contributed by atoms with Crippen LogP contribution in [0, 0.1) is 20.8 Å². The van der Waals surface area contributed by atoms with Gasteiger partial charge < -0.3 is 10.3 Å². The van der Waals surface area contributed by atoms with Gasteiger partial charge in [-0.15, -0.1) is 0 Å². The molecule has 3 heteroatoms. The van der Waals surface area contributed by atoms with E-state index in [4.69, 9.17) is 0 Å². The number of rotatable bonds is 5. The summed E-state index contributed by atoms with van der Waals surface area (Å²) >= 11 is 0. The van der Waals surface area contributed by atoms with E-state index >= 15 is 0 Å². The molecule has 1 heterocycles. The van der Waals surface area contributed by atoms with Gasteiger partial charge in [0.25, 0.3) is 0 Å². The Bertz CT molecular complexity index is 859. The number of aryl methyl sites for hydroxylation is 3. The van der Waals surface area contributed by atoms with Crippen LogP contribution in [0.4, 0.5) is 0 Å². The van der Waals surface area contributed by atoms with Crippen LogP contribution in [-0.4, -0.2) is 17.4 Å². The highest BCUT2D eigenvalue weighted by molar-refractivity contribution is 5.85. The smallest absolute Gasteiger partial charge is 0.224 e. The highest BCUT2D eigenvalue weighted by Gasteiger charge is 2.09. The van der Waals surface area contributed by atoms with Crippen molar-refractivity contribution in [2.45, 2.75) is 33.6 Å². The molecule has 1 aromatic heterocycles. The van der Waals surface area contributed by atoms with Crippen LogP contribution in [0.1, 0.15) is 27.9 Å². The molecule has 24 heavy (non-hydrogen) atoms. The molecule has 0 bridgehead atoms. The van der Waals surface area contributed by atoms with Crippen LogP contribution >= 0.6 is 0 Å². The summed E-state index contributed by atoms with van der Waals surface area (Å²) in [5.41, 5.74) is 7.17. The standard InChI is InChI=1S/C21H24N2O/c1-14-4-7-17(8-5-14)13-21(24)22-11-10-18-16(3)23-20-9-6-15(2)12-19(18)20/h4-9,12,23H,10-11,13H2,1-3H3,(H,22,24). The summed E-state index contributed by atoms with van der Waals surface area (Å²) in [6.45, 7) is 6.91. The molecular weight excluding hydrogens is 296 g/mol. The van der Waals surface area contributed by atoms with Gasteiger partial charge in [-0.25, -0.2) is 0 Å². The molecule has 3 rings (SSSR count). The zero-order chi connectivity index (χ0) is 17.1. The van der Waals surface area contributed by atoms with Gasteiger partial charge in [-0.3, -0.25) is 4.79 Å². The van der Waals surface area contributed by atoms with E-state index in [1.165, 1.54) is 33.3 Å². The van der Waals surface area contributed by atoms with E-state index in [1.54, 1.807) is 0 Å². The van der Waals surface area contributed by atoms with E-state index in [-0.39, 0.29) is 5.91 Å². The molecule has 0 unspecified atom stereocenters. The number of nitrogens with one attached hydrogen (secondary N) is 2. The Morgan fingerprint density at radius 1 is 1.00 bits per heavy atom. The average molecular weight is 320 g/mol. The van der Waals surface area contributed by atoms with Crippen molar-refractivity contribution in [2.75, 3.05) is 6.54 Å². The predicted molar refractivity (Wildman–Crippen MR) is 99.4 cm³/mol. The summed E-state index contributed by atoms with van der Waals surface area (Å²) in [4.78, 5) is 15.5. The largest absolute Gasteiger partial charge is 0.358 e. The van der Waals surface area contributed by atoms with Crippen LogP contribution in [0.3, 0.4) is 0 Å². The molecule has 0 radical (unpaired) electrons. The number of hydrogen-bond acceptors (Lipinski definition) is 1. The molecule has 3 nitrogen and oxygen atoms in total. The van der Waals surface area contributed by atoms with Gasteiger partial charge >= 0.3 is 0 Å². The molecule has 2 aromatic carbocycles. The van der Waals surface area contributed by atoms with Crippen molar-refractivity contribution in [3.05, 3.63) is 70.4 Å². The lowest BCUT2D eigenvalue weighted by Gasteiger charge is -2.06. The molecule has 0 aliphatic carbocycles. The lowest BCUT2D eigenvalue weighted by molar-refractivity contribution is -0.120. The molecule has 1 amide bonds. The van der Waals surface area contributed by atoms with Crippen molar-refractivity contribution in [1.29, 1.82) is 0 Å². The maximum atomic E-state index is 12.1. The first-order valence-corrected chi connectivity index (χ1v) is 8.43. The summed E-state index contributed by atoms with van der Waals surface area (Å²) in [5, 5.41) is 4.30. The lowest BCUT2D eigenvalue weighted by atomic mass is 10.1. The Morgan fingerprint density at radius 2 is 1.71 bits per heavy atom. The van der Waals surface area contributed by atoms with Gasteiger partial charge in [-0.05, 0) is 50.5 Å². The minimum Gasteiger partial charge on any atom is -0.358 e. The second kappa shape index (κ2) is 6.91. The highest BCUT2D eigenvalue weighted by atomic mass is 16.1. The van der Waals surface area contributed by atoms with Gasteiger partial charge in [0.1, 0.15) is 0 Å². The molecule has 0 saturated carbocycles. The zero-order valence-electron chi connectivity index (χ0n) is 14.6. The summed E-state index contributed by atoms with van der Waals surface area (Å²) < 4.78 is 0. The van der Waals surface area contributed by atoms with Gasteiger partial charge in [0, 0.05) is 23.1 Å². The summed E-state index contributed by atoms with van der Waals surface area (Å²) in [7, 11) is 0. The number of hydrogen-bond donors (Lipinski definition) is 2. The highest BCUT2D eigenvalue weighted by Crippen LogP contribution is 2.23. The van der Waals surface area contributed by atoms with Crippen LogP contribution in [0.15, 0.2) is 42.5 Å². The summed E-state index contributed by atoms with van der Waals surface area (Å²) in [5.74, 6) is 0.0764. The second-order valence-electron chi connectivity index (χ2n) is 6.54. The van der Waals surface area contributed by atoms with Crippen LogP contribution in [0.25, 0.3) is 10.9 Å². The van der Waals surface area contributed by atoms with Gasteiger partial charge in [-0.2, -0.15) is 0 Å². The number of carbonyl (C=O) groups excluding carboxylic acids is 1. The maximum Gasteiger partial charge on any atom is 0.224 e. The van der Waals surface area contributed by atoms with Crippen molar-refractivity contribution in [3.8, 4) is 0 Å². The summed E-state index contributed by atoms with van der Waals surface area (Å²) in [6, 6.07) is 14.6. The van der Waals surface area contributed by atoms with Crippen molar-refractivity contribution in [2.24, 2.45) is 0 Å². The third-order valence-electron chi connectivity index (χ3n) is 4.46. The Hall–Kier alpha value is -2.55. The molecule has 0 aliphatic heterocycles. The maximum absolute atomic E-state index is 12.1. The number of benzene rings is 2. The molecule has 0 spiro atoms. The van der Waals surface area contributed by atoms with E-state index in [0.717, 1.165) is 12.0 Å². The van der Waals surface area contributed by atoms with Crippen molar-refractivity contribution in [3.63, 3.8) is 0 Å². The predicted octanol–water partition coefficient (Wildman–Crippen LogP) is 3.99. The first-order valence-electron chi connectivity index (χ1n) is 8.43. The van der Waals surface area contributed by atoms with E-state index in [9.17, 15) is 4.79 Å². The Kier molecular flexibility index (Phi) is 4.70. The van der Waals surface area contributed by atoms with Crippen LogP contribution < -0.4 is 5.32 Å². The number of aromatic amines is 1. The molecule has 3 aromatic rings. The van der Waals surface area contributed by atoms with Crippen molar-refractivity contribution in [1.82, 2.24) is 10.3 Å². The van der Waals surface area contributed by atoms with E-state index in [0.29, 0.717) is 13.0 Å². The third-order valence-corrected chi connectivity index (χ3v) is 4.46. The van der Waals surface area contributed by atoms with Gasteiger partial charge in [-0.1, -0.05) is 41.5 Å². The zero-order valence-corrected chi connectivity index (χ0v) is 14.6. The topological polar surface area (TPSA) is 44.9 Å². The van der Waals surface area contributed by atoms with Crippen LogP contribution in [0.5, 0.6) is 0 Å². The Labute approximate surface area is 143 Å². The molecule has 0 saturated heterocycles. The van der Waals surface area contributed by atoms with Gasteiger partial charge in [0.15, 0.2) is 0 Å². The van der Waals surface area contributed by atoms with Crippen LogP contribution in [0.2, 0.25) is 0 Å². The van der Waals surface area contributed by atoms with Crippen molar-refractivity contribution >= 4 is 16.8 Å². The SMILES string of the molecule is Cc1ccc(CC(=O)NCCc2c(C)[nH]c3ccc(C)cc23)cc1. The minimum absolute atomic E-state index is 0.0764. The molecular formula is C21H24N2O. The van der Waals surface area contributed by atoms with Gasteiger partial charge in [0.2, 0.25) is 5.91 Å². The molecule has 0 atom stereocenters. The number of H-pyrrole nitrogens is 1. The summed E-state index contributed by atoms with van der Waals surface area (Å²) in [6.07, 6.45) is 1.28. The second-order valence-corrected chi connectivity index (χ2v) is 6.54. The molecule has 0 aliphatic rings. The molecule has 2 N–H and O–H groups in total. The lowest BCUT2D eigenvalue weighted by Crippen LogP contribution is -2.27. The first kappa shape index (κ1) is 16.3. The first-order chi connectivity index (χ1) is 11.5. The fourth-order valence-electron chi connectivity index (χ4n) is 3.10.